The number of hydrogen-bond donors (Lipinski definition) is 1. The Balaban J connectivity index is 1.60. The van der Waals surface area contributed by atoms with Crippen molar-refractivity contribution < 1.29 is 9.53 Å². The van der Waals surface area contributed by atoms with Crippen LogP contribution in [-0.4, -0.2) is 27.8 Å². The number of aromatic amines is 1. The summed E-state index contributed by atoms with van der Waals surface area (Å²) in [6, 6.07) is 17.1. The zero-order valence-corrected chi connectivity index (χ0v) is 14.3. The second kappa shape index (κ2) is 6.80. The third kappa shape index (κ3) is 3.19. The molecule has 4 rings (SSSR count). The average Bonchev–Trinajstić information content (AvgIpc) is 3.12. The number of rotatable bonds is 5. The van der Waals surface area contributed by atoms with Gasteiger partial charge in [0.15, 0.2) is 5.78 Å². The van der Waals surface area contributed by atoms with Crippen LogP contribution in [0.3, 0.4) is 0 Å². The molecule has 128 valence electrons. The predicted octanol–water partition coefficient (Wildman–Crippen LogP) is 4.06. The van der Waals surface area contributed by atoms with Gasteiger partial charge >= 0.3 is 0 Å². The number of carbonyl (C=O) groups is 1. The molecule has 0 fully saturated rings. The van der Waals surface area contributed by atoms with E-state index in [1.165, 1.54) is 0 Å². The van der Waals surface area contributed by atoms with Crippen molar-refractivity contribution in [1.29, 1.82) is 0 Å². The van der Waals surface area contributed by atoms with E-state index in [9.17, 15) is 4.79 Å². The molecule has 5 nitrogen and oxygen atoms in total. The quantitative estimate of drug-likeness (QED) is 0.555. The van der Waals surface area contributed by atoms with E-state index in [1.807, 2.05) is 42.5 Å². The summed E-state index contributed by atoms with van der Waals surface area (Å²) in [5.41, 5.74) is 4.39. The summed E-state index contributed by atoms with van der Waals surface area (Å²) in [5.74, 6) is 1.67. The highest BCUT2D eigenvalue weighted by atomic mass is 16.5. The van der Waals surface area contributed by atoms with Gasteiger partial charge in [-0.05, 0) is 54.1 Å². The maximum Gasteiger partial charge on any atom is 0.167 e. The summed E-state index contributed by atoms with van der Waals surface area (Å²) < 4.78 is 5.19. The van der Waals surface area contributed by atoms with Gasteiger partial charge in [-0.15, -0.1) is 0 Å². The molecule has 0 aliphatic carbocycles. The Bertz CT molecular complexity index is 1050. The van der Waals surface area contributed by atoms with Gasteiger partial charge in [0.05, 0.1) is 18.1 Å². The Labute approximate surface area is 150 Å². The highest BCUT2D eigenvalue weighted by molar-refractivity contribution is 5.97. The van der Waals surface area contributed by atoms with Crippen molar-refractivity contribution in [2.45, 2.75) is 6.42 Å². The highest BCUT2D eigenvalue weighted by Crippen LogP contribution is 2.23. The fraction of sp³-hybridized carbons (Fsp3) is 0.0952. The fourth-order valence-electron chi connectivity index (χ4n) is 2.88. The number of aromatic nitrogens is 3. The first-order valence-corrected chi connectivity index (χ1v) is 8.29. The molecule has 0 atom stereocenters. The van der Waals surface area contributed by atoms with Gasteiger partial charge in [-0.2, -0.15) is 0 Å². The Kier molecular flexibility index (Phi) is 4.19. The number of ether oxygens (including phenoxy) is 1. The number of imidazole rings is 1. The maximum atomic E-state index is 12.4. The van der Waals surface area contributed by atoms with Crippen LogP contribution in [0.15, 0.2) is 67.0 Å². The second-order valence-corrected chi connectivity index (χ2v) is 6.00. The molecule has 4 aromatic rings. The van der Waals surface area contributed by atoms with Crippen LogP contribution < -0.4 is 4.74 Å². The Morgan fingerprint density at radius 1 is 1.04 bits per heavy atom. The first kappa shape index (κ1) is 16.0. The number of ketones is 1. The smallest absolute Gasteiger partial charge is 0.167 e. The number of hydrogen-bond acceptors (Lipinski definition) is 4. The average molecular weight is 343 g/mol. The number of pyridine rings is 1. The monoisotopic (exact) mass is 343 g/mol. The van der Waals surface area contributed by atoms with Crippen molar-refractivity contribution >= 4 is 16.8 Å². The molecular formula is C21H17N3O2. The van der Waals surface area contributed by atoms with E-state index in [-0.39, 0.29) is 5.78 Å². The molecule has 0 unspecified atom stereocenters. The van der Waals surface area contributed by atoms with E-state index in [0.717, 1.165) is 33.7 Å². The fourth-order valence-corrected chi connectivity index (χ4v) is 2.88. The standard InChI is InChI=1S/C21H17N3O2/c1-26-17-5-3-16(4-6-17)21-23-18-7-2-14(12-19(18)24-21)13-20(25)15-8-10-22-11-9-15/h2-12H,13H2,1H3,(H,23,24). The zero-order chi connectivity index (χ0) is 17.9. The van der Waals surface area contributed by atoms with E-state index >= 15 is 0 Å². The van der Waals surface area contributed by atoms with E-state index in [0.29, 0.717) is 12.0 Å². The molecule has 2 heterocycles. The van der Waals surface area contributed by atoms with E-state index < -0.39 is 0 Å². The summed E-state index contributed by atoms with van der Waals surface area (Å²) in [6.07, 6.45) is 3.61. The predicted molar refractivity (Wildman–Crippen MR) is 100 cm³/mol. The van der Waals surface area contributed by atoms with Gasteiger partial charge in [0.2, 0.25) is 0 Å². The summed E-state index contributed by atoms with van der Waals surface area (Å²) in [4.78, 5) is 24.3. The largest absolute Gasteiger partial charge is 0.497 e. The molecule has 2 aromatic heterocycles. The normalized spacial score (nSPS) is 10.8. The number of benzene rings is 2. The SMILES string of the molecule is COc1ccc(-c2nc3ccc(CC(=O)c4ccncc4)cc3[nH]2)cc1. The van der Waals surface area contributed by atoms with Crippen LogP contribution in [0.4, 0.5) is 0 Å². The molecular weight excluding hydrogens is 326 g/mol. The van der Waals surface area contributed by atoms with E-state index in [2.05, 4.69) is 15.0 Å². The van der Waals surface area contributed by atoms with E-state index in [1.54, 1.807) is 31.6 Å². The molecule has 0 saturated carbocycles. The molecule has 0 spiro atoms. The van der Waals surface area contributed by atoms with Crippen LogP contribution in [0.2, 0.25) is 0 Å². The molecule has 2 aromatic carbocycles. The Hall–Kier alpha value is -3.47. The lowest BCUT2D eigenvalue weighted by molar-refractivity contribution is 0.0993. The molecule has 26 heavy (non-hydrogen) atoms. The first-order chi connectivity index (χ1) is 12.7. The molecule has 0 radical (unpaired) electrons. The first-order valence-electron chi connectivity index (χ1n) is 8.29. The number of nitrogens with one attached hydrogen (secondary N) is 1. The van der Waals surface area contributed by atoms with Crippen molar-refractivity contribution in [3.63, 3.8) is 0 Å². The molecule has 0 amide bonds. The minimum atomic E-state index is 0.0710. The highest BCUT2D eigenvalue weighted by Gasteiger charge is 2.10. The van der Waals surface area contributed by atoms with Gasteiger partial charge < -0.3 is 9.72 Å². The van der Waals surface area contributed by atoms with Crippen LogP contribution in [0.1, 0.15) is 15.9 Å². The molecule has 1 N–H and O–H groups in total. The Morgan fingerprint density at radius 3 is 2.54 bits per heavy atom. The third-order valence-corrected chi connectivity index (χ3v) is 4.28. The third-order valence-electron chi connectivity index (χ3n) is 4.28. The van der Waals surface area contributed by atoms with Gasteiger partial charge in [-0.1, -0.05) is 6.07 Å². The molecule has 0 aliphatic heterocycles. The van der Waals surface area contributed by atoms with Gasteiger partial charge in [0, 0.05) is 29.9 Å². The lowest BCUT2D eigenvalue weighted by Gasteiger charge is -2.01. The van der Waals surface area contributed by atoms with Crippen LogP contribution in [-0.2, 0) is 6.42 Å². The van der Waals surface area contributed by atoms with Crippen molar-refractivity contribution in [3.05, 3.63) is 78.1 Å². The summed E-state index contributed by atoms with van der Waals surface area (Å²) in [7, 11) is 1.64. The minimum Gasteiger partial charge on any atom is -0.497 e. The second-order valence-electron chi connectivity index (χ2n) is 6.00. The van der Waals surface area contributed by atoms with Crippen LogP contribution in [0, 0.1) is 0 Å². The van der Waals surface area contributed by atoms with Gasteiger partial charge in [0.25, 0.3) is 0 Å². The number of carbonyl (C=O) groups excluding carboxylic acids is 1. The number of methoxy groups -OCH3 is 1. The summed E-state index contributed by atoms with van der Waals surface area (Å²) in [6.45, 7) is 0. The molecule has 0 aliphatic rings. The lowest BCUT2D eigenvalue weighted by Crippen LogP contribution is -2.03. The lowest BCUT2D eigenvalue weighted by atomic mass is 10.0. The van der Waals surface area contributed by atoms with Crippen molar-refractivity contribution in [2.24, 2.45) is 0 Å². The van der Waals surface area contributed by atoms with Gasteiger partial charge in [-0.25, -0.2) is 4.98 Å². The summed E-state index contributed by atoms with van der Waals surface area (Å²) >= 11 is 0. The molecule has 0 saturated heterocycles. The van der Waals surface area contributed by atoms with Crippen molar-refractivity contribution in [1.82, 2.24) is 15.0 Å². The Morgan fingerprint density at radius 2 is 1.81 bits per heavy atom. The van der Waals surface area contributed by atoms with Crippen LogP contribution >= 0.6 is 0 Å². The summed E-state index contributed by atoms with van der Waals surface area (Å²) in [5, 5.41) is 0. The minimum absolute atomic E-state index is 0.0710. The van der Waals surface area contributed by atoms with Crippen molar-refractivity contribution in [3.8, 4) is 17.1 Å². The number of fused-ring (bicyclic) bond motifs is 1. The number of nitrogens with zero attached hydrogens (tertiary/aromatic N) is 2. The van der Waals surface area contributed by atoms with Gasteiger partial charge in [0.1, 0.15) is 11.6 Å². The number of H-pyrrole nitrogens is 1. The maximum absolute atomic E-state index is 12.4. The number of Topliss-reactive ketones (excluding diaryl/α,β-unsaturated/α-hetero) is 1. The van der Waals surface area contributed by atoms with Gasteiger partial charge in [-0.3, -0.25) is 9.78 Å². The van der Waals surface area contributed by atoms with E-state index in [4.69, 9.17) is 4.74 Å². The van der Waals surface area contributed by atoms with Crippen molar-refractivity contribution in [2.75, 3.05) is 7.11 Å². The van der Waals surface area contributed by atoms with Crippen LogP contribution in [0.25, 0.3) is 22.4 Å². The molecule has 5 heteroatoms. The van der Waals surface area contributed by atoms with Crippen LogP contribution in [0.5, 0.6) is 5.75 Å². The topological polar surface area (TPSA) is 67.9 Å². The molecule has 0 bridgehead atoms. The zero-order valence-electron chi connectivity index (χ0n) is 14.3.